The Morgan fingerprint density at radius 3 is 1.31 bits per heavy atom. The Morgan fingerprint density at radius 1 is 0.621 bits per heavy atom. The highest BCUT2D eigenvalue weighted by Crippen LogP contribution is 2.27. The fraction of sp³-hybridized carbons (Fsp3) is 0.440. The molecule has 0 aromatic heterocycles. The van der Waals surface area contributed by atoms with Crippen LogP contribution in [0.25, 0.3) is 0 Å². The molecule has 4 rings (SSSR count). The van der Waals surface area contributed by atoms with Crippen molar-refractivity contribution in [2.24, 2.45) is 11.8 Å². The van der Waals surface area contributed by atoms with Crippen molar-refractivity contribution in [3.8, 4) is 0 Å². The average molecular weight is 391 g/mol. The molecule has 2 aromatic carbocycles. The van der Waals surface area contributed by atoms with E-state index in [1.165, 1.54) is 36.8 Å². The van der Waals surface area contributed by atoms with E-state index < -0.39 is 0 Å². The SMILES string of the molecule is O=C(Nc1ccc(Cc2ccc(NC(=O)C3CCCC3)cc2)cc1)C1CCCC1. The summed E-state index contributed by atoms with van der Waals surface area (Å²) in [5, 5.41) is 6.09. The lowest BCUT2D eigenvalue weighted by molar-refractivity contribution is -0.120. The van der Waals surface area contributed by atoms with Gasteiger partial charge in [0, 0.05) is 23.2 Å². The van der Waals surface area contributed by atoms with E-state index in [9.17, 15) is 9.59 Å². The van der Waals surface area contributed by atoms with Gasteiger partial charge in [0.05, 0.1) is 0 Å². The van der Waals surface area contributed by atoms with Crippen LogP contribution in [-0.2, 0) is 16.0 Å². The molecule has 0 unspecified atom stereocenters. The zero-order chi connectivity index (χ0) is 20.1. The van der Waals surface area contributed by atoms with E-state index in [1.807, 2.05) is 24.3 Å². The summed E-state index contributed by atoms with van der Waals surface area (Å²) in [7, 11) is 0. The molecule has 0 spiro atoms. The van der Waals surface area contributed by atoms with Crippen molar-refractivity contribution in [3.05, 3.63) is 59.7 Å². The minimum atomic E-state index is 0.158. The maximum atomic E-state index is 12.2. The first-order valence-electron chi connectivity index (χ1n) is 11.0. The molecular formula is C25H30N2O2. The second kappa shape index (κ2) is 9.25. The Morgan fingerprint density at radius 2 is 0.966 bits per heavy atom. The molecule has 152 valence electrons. The van der Waals surface area contributed by atoms with Crippen LogP contribution in [0.4, 0.5) is 11.4 Å². The van der Waals surface area contributed by atoms with Gasteiger partial charge < -0.3 is 10.6 Å². The second-order valence-electron chi connectivity index (χ2n) is 8.51. The molecule has 2 aliphatic carbocycles. The van der Waals surface area contributed by atoms with Crippen molar-refractivity contribution in [1.29, 1.82) is 0 Å². The van der Waals surface area contributed by atoms with Crippen LogP contribution in [0.1, 0.15) is 62.5 Å². The lowest BCUT2D eigenvalue weighted by Crippen LogP contribution is -2.20. The van der Waals surface area contributed by atoms with E-state index in [0.29, 0.717) is 0 Å². The fourth-order valence-corrected chi connectivity index (χ4v) is 4.51. The molecular weight excluding hydrogens is 360 g/mol. The summed E-state index contributed by atoms with van der Waals surface area (Å²) in [6.45, 7) is 0. The maximum absolute atomic E-state index is 12.2. The number of carbonyl (C=O) groups is 2. The molecule has 0 atom stereocenters. The van der Waals surface area contributed by atoms with Crippen molar-refractivity contribution in [2.45, 2.75) is 57.8 Å². The Hall–Kier alpha value is -2.62. The summed E-state index contributed by atoms with van der Waals surface area (Å²) in [5.41, 5.74) is 4.14. The van der Waals surface area contributed by atoms with E-state index in [2.05, 4.69) is 34.9 Å². The minimum Gasteiger partial charge on any atom is -0.326 e. The molecule has 0 heterocycles. The summed E-state index contributed by atoms with van der Waals surface area (Å²) in [4.78, 5) is 24.5. The van der Waals surface area contributed by atoms with Crippen LogP contribution in [0.15, 0.2) is 48.5 Å². The van der Waals surface area contributed by atoms with Gasteiger partial charge in [-0.15, -0.1) is 0 Å². The van der Waals surface area contributed by atoms with Crippen LogP contribution in [-0.4, -0.2) is 11.8 Å². The van der Waals surface area contributed by atoms with Gasteiger partial charge >= 0.3 is 0 Å². The molecule has 2 amide bonds. The van der Waals surface area contributed by atoms with Gasteiger partial charge in [-0.1, -0.05) is 49.9 Å². The molecule has 0 aliphatic heterocycles. The minimum absolute atomic E-state index is 0.158. The van der Waals surface area contributed by atoms with Crippen LogP contribution in [0.3, 0.4) is 0 Å². The first kappa shape index (κ1) is 19.7. The van der Waals surface area contributed by atoms with Gasteiger partial charge in [0.2, 0.25) is 11.8 Å². The summed E-state index contributed by atoms with van der Waals surface area (Å²) in [6.07, 6.45) is 9.55. The smallest absolute Gasteiger partial charge is 0.227 e. The van der Waals surface area contributed by atoms with E-state index in [0.717, 1.165) is 43.5 Å². The van der Waals surface area contributed by atoms with Gasteiger partial charge in [-0.05, 0) is 67.5 Å². The highest BCUT2D eigenvalue weighted by Gasteiger charge is 2.23. The van der Waals surface area contributed by atoms with Gasteiger partial charge in [0.1, 0.15) is 0 Å². The Kier molecular flexibility index (Phi) is 6.28. The first-order chi connectivity index (χ1) is 14.2. The second-order valence-corrected chi connectivity index (χ2v) is 8.51. The zero-order valence-corrected chi connectivity index (χ0v) is 17.0. The predicted octanol–water partition coefficient (Wildman–Crippen LogP) is 5.53. The highest BCUT2D eigenvalue weighted by atomic mass is 16.2. The zero-order valence-electron chi connectivity index (χ0n) is 17.0. The van der Waals surface area contributed by atoms with Gasteiger partial charge in [0.25, 0.3) is 0 Å². The van der Waals surface area contributed by atoms with Crippen LogP contribution >= 0.6 is 0 Å². The summed E-state index contributed by atoms with van der Waals surface area (Å²) in [5.74, 6) is 0.681. The van der Waals surface area contributed by atoms with E-state index in [1.54, 1.807) is 0 Å². The Balaban J connectivity index is 1.29. The molecule has 4 nitrogen and oxygen atoms in total. The van der Waals surface area contributed by atoms with Crippen molar-refractivity contribution in [2.75, 3.05) is 10.6 Å². The van der Waals surface area contributed by atoms with E-state index >= 15 is 0 Å². The van der Waals surface area contributed by atoms with Gasteiger partial charge in [-0.3, -0.25) is 9.59 Å². The van der Waals surface area contributed by atoms with Crippen molar-refractivity contribution in [1.82, 2.24) is 0 Å². The Labute approximate surface area is 173 Å². The van der Waals surface area contributed by atoms with Crippen LogP contribution < -0.4 is 10.6 Å². The number of anilines is 2. The van der Waals surface area contributed by atoms with Crippen LogP contribution in [0.5, 0.6) is 0 Å². The topological polar surface area (TPSA) is 58.2 Å². The lowest BCUT2D eigenvalue weighted by atomic mass is 10.0. The molecule has 2 N–H and O–H groups in total. The molecule has 2 aromatic rings. The molecule has 4 heteroatoms. The molecule has 29 heavy (non-hydrogen) atoms. The van der Waals surface area contributed by atoms with Crippen molar-refractivity contribution in [3.63, 3.8) is 0 Å². The lowest BCUT2D eigenvalue weighted by Gasteiger charge is -2.12. The van der Waals surface area contributed by atoms with Gasteiger partial charge in [-0.2, -0.15) is 0 Å². The molecule has 2 aliphatic rings. The van der Waals surface area contributed by atoms with Gasteiger partial charge in [0.15, 0.2) is 0 Å². The number of hydrogen-bond acceptors (Lipinski definition) is 2. The highest BCUT2D eigenvalue weighted by molar-refractivity contribution is 5.93. The van der Waals surface area contributed by atoms with Crippen LogP contribution in [0, 0.1) is 11.8 Å². The Bertz CT molecular complexity index is 759. The van der Waals surface area contributed by atoms with Crippen LogP contribution in [0.2, 0.25) is 0 Å². The molecule has 2 fully saturated rings. The number of amides is 2. The third-order valence-electron chi connectivity index (χ3n) is 6.30. The number of nitrogens with one attached hydrogen (secondary N) is 2. The number of benzene rings is 2. The quantitative estimate of drug-likeness (QED) is 0.681. The predicted molar refractivity (Wildman–Crippen MR) is 117 cm³/mol. The molecule has 2 saturated carbocycles. The third-order valence-corrected chi connectivity index (χ3v) is 6.30. The summed E-state index contributed by atoms with van der Waals surface area (Å²) < 4.78 is 0. The standard InChI is InChI=1S/C25H30N2O2/c28-24(20-5-1-2-6-20)26-22-13-9-18(10-14-22)17-19-11-15-23(16-12-19)27-25(29)21-7-3-4-8-21/h9-16,20-21H,1-8,17H2,(H,26,28)(H,27,29). The average Bonchev–Trinajstić information content (AvgIpc) is 3.45. The first-order valence-corrected chi connectivity index (χ1v) is 11.0. The fourth-order valence-electron chi connectivity index (χ4n) is 4.51. The monoisotopic (exact) mass is 390 g/mol. The molecule has 0 radical (unpaired) electrons. The van der Waals surface area contributed by atoms with E-state index in [-0.39, 0.29) is 23.7 Å². The summed E-state index contributed by atoms with van der Waals surface area (Å²) >= 11 is 0. The largest absolute Gasteiger partial charge is 0.326 e. The van der Waals surface area contributed by atoms with E-state index in [4.69, 9.17) is 0 Å². The van der Waals surface area contributed by atoms with Crippen molar-refractivity contribution < 1.29 is 9.59 Å². The molecule has 0 saturated heterocycles. The number of carbonyl (C=O) groups excluding carboxylic acids is 2. The summed E-state index contributed by atoms with van der Waals surface area (Å²) in [6, 6.07) is 16.2. The number of hydrogen-bond donors (Lipinski definition) is 2. The van der Waals surface area contributed by atoms with Gasteiger partial charge in [-0.25, -0.2) is 0 Å². The third kappa shape index (κ3) is 5.26. The normalized spacial score (nSPS) is 17.4. The molecule has 0 bridgehead atoms. The number of rotatable bonds is 6. The maximum Gasteiger partial charge on any atom is 0.227 e. The van der Waals surface area contributed by atoms with Crippen molar-refractivity contribution >= 4 is 23.2 Å².